The Labute approximate surface area is 88.2 Å². The quantitative estimate of drug-likeness (QED) is 0.831. The number of hydrogen-bond acceptors (Lipinski definition) is 2. The molecule has 1 amide bonds. The van der Waals surface area contributed by atoms with Crippen LogP contribution in [-0.2, 0) is 4.79 Å². The predicted molar refractivity (Wildman–Crippen MR) is 56.5 cm³/mol. The third-order valence-corrected chi connectivity index (χ3v) is 1.93. The maximum absolute atomic E-state index is 13.3. The fourth-order valence-electron chi connectivity index (χ4n) is 1.16. The Bertz CT molecular complexity index is 352. The van der Waals surface area contributed by atoms with Gasteiger partial charge in [-0.15, -0.1) is 0 Å². The zero-order chi connectivity index (χ0) is 11.3. The van der Waals surface area contributed by atoms with Gasteiger partial charge in [0.15, 0.2) is 0 Å². The molecule has 82 valence electrons. The van der Waals surface area contributed by atoms with E-state index in [4.69, 9.17) is 4.74 Å². The number of halogens is 1. The van der Waals surface area contributed by atoms with Crippen LogP contribution < -0.4 is 10.1 Å². The number of benzene rings is 1. The molecule has 3 nitrogen and oxygen atoms in total. The van der Waals surface area contributed by atoms with Crippen molar-refractivity contribution >= 4 is 11.6 Å². The van der Waals surface area contributed by atoms with Crippen LogP contribution in [0.25, 0.3) is 0 Å². The molecule has 4 heteroatoms. The summed E-state index contributed by atoms with van der Waals surface area (Å²) < 4.78 is 18.2. The molecule has 0 radical (unpaired) electrons. The zero-order valence-corrected chi connectivity index (χ0v) is 8.84. The topological polar surface area (TPSA) is 38.3 Å². The van der Waals surface area contributed by atoms with E-state index < -0.39 is 5.82 Å². The van der Waals surface area contributed by atoms with Crippen LogP contribution in [0.1, 0.15) is 19.8 Å². The average Bonchev–Trinajstić information content (AvgIpc) is 2.21. The molecule has 0 unspecified atom stereocenters. The monoisotopic (exact) mass is 211 g/mol. The maximum atomic E-state index is 13.3. The smallest absolute Gasteiger partial charge is 0.224 e. The number of nitrogens with one attached hydrogen (secondary N) is 1. The van der Waals surface area contributed by atoms with Gasteiger partial charge in [-0.25, -0.2) is 4.39 Å². The Hall–Kier alpha value is -1.58. The van der Waals surface area contributed by atoms with Crippen LogP contribution in [0.3, 0.4) is 0 Å². The number of carbonyl (C=O) groups is 1. The number of carbonyl (C=O) groups excluding carboxylic acids is 1. The van der Waals surface area contributed by atoms with Crippen LogP contribution in [0, 0.1) is 5.82 Å². The molecule has 0 fully saturated rings. The molecule has 0 bridgehead atoms. The molecule has 1 N–H and O–H groups in total. The zero-order valence-electron chi connectivity index (χ0n) is 8.84. The number of hydrogen-bond donors (Lipinski definition) is 1. The van der Waals surface area contributed by atoms with Crippen LogP contribution in [-0.4, -0.2) is 13.0 Å². The van der Waals surface area contributed by atoms with Crippen molar-refractivity contribution in [3.63, 3.8) is 0 Å². The second-order valence-corrected chi connectivity index (χ2v) is 3.14. The minimum absolute atomic E-state index is 0.179. The predicted octanol–water partition coefficient (Wildman–Crippen LogP) is 2.57. The molecule has 0 heterocycles. The highest BCUT2D eigenvalue weighted by Crippen LogP contribution is 2.20. The van der Waals surface area contributed by atoms with Crippen molar-refractivity contribution in [2.75, 3.05) is 12.4 Å². The first-order valence-electron chi connectivity index (χ1n) is 4.80. The number of ether oxygens (including phenoxy) is 1. The summed E-state index contributed by atoms with van der Waals surface area (Å²) in [6, 6.07) is 4.33. The summed E-state index contributed by atoms with van der Waals surface area (Å²) in [5, 5.41) is 2.49. The first-order valence-corrected chi connectivity index (χ1v) is 4.80. The highest BCUT2D eigenvalue weighted by atomic mass is 19.1. The van der Waals surface area contributed by atoms with Crippen molar-refractivity contribution < 1.29 is 13.9 Å². The Morgan fingerprint density at radius 2 is 2.27 bits per heavy atom. The summed E-state index contributed by atoms with van der Waals surface area (Å²) in [6.45, 7) is 1.89. The van der Waals surface area contributed by atoms with Crippen molar-refractivity contribution in [2.24, 2.45) is 0 Å². The Balaban J connectivity index is 2.73. The lowest BCUT2D eigenvalue weighted by Crippen LogP contribution is -2.11. The Morgan fingerprint density at radius 1 is 1.53 bits per heavy atom. The summed E-state index contributed by atoms with van der Waals surface area (Å²) in [5.41, 5.74) is 0.189. The van der Waals surface area contributed by atoms with Gasteiger partial charge in [0.1, 0.15) is 11.6 Å². The van der Waals surface area contributed by atoms with Gasteiger partial charge in [0, 0.05) is 12.5 Å². The number of methoxy groups -OCH3 is 1. The van der Waals surface area contributed by atoms with Gasteiger partial charge in [-0.1, -0.05) is 6.92 Å². The molecule has 1 aromatic rings. The molecule has 1 aromatic carbocycles. The fourth-order valence-corrected chi connectivity index (χ4v) is 1.16. The third-order valence-electron chi connectivity index (χ3n) is 1.93. The summed E-state index contributed by atoms with van der Waals surface area (Å²) >= 11 is 0. The summed E-state index contributed by atoms with van der Waals surface area (Å²) in [6.07, 6.45) is 1.13. The van der Waals surface area contributed by atoms with Crippen LogP contribution in [0.4, 0.5) is 10.1 Å². The van der Waals surface area contributed by atoms with E-state index in [1.54, 1.807) is 6.07 Å². The number of anilines is 1. The highest BCUT2D eigenvalue weighted by molar-refractivity contribution is 5.90. The van der Waals surface area contributed by atoms with Gasteiger partial charge >= 0.3 is 0 Å². The van der Waals surface area contributed by atoms with Gasteiger partial charge in [0.2, 0.25) is 5.91 Å². The molecule has 0 atom stereocenters. The molecular formula is C11H14FNO2. The lowest BCUT2D eigenvalue weighted by molar-refractivity contribution is -0.116. The van der Waals surface area contributed by atoms with Crippen molar-refractivity contribution in [1.29, 1.82) is 0 Å². The van der Waals surface area contributed by atoms with Crippen molar-refractivity contribution in [2.45, 2.75) is 19.8 Å². The molecule has 0 saturated carbocycles. The van der Waals surface area contributed by atoms with E-state index >= 15 is 0 Å². The van der Waals surface area contributed by atoms with Crippen molar-refractivity contribution in [3.8, 4) is 5.75 Å². The molecule has 0 spiro atoms. The van der Waals surface area contributed by atoms with Crippen LogP contribution in [0.15, 0.2) is 18.2 Å². The second kappa shape index (κ2) is 5.34. The maximum Gasteiger partial charge on any atom is 0.224 e. The minimum Gasteiger partial charge on any atom is -0.497 e. The first kappa shape index (κ1) is 11.5. The van der Waals surface area contributed by atoms with E-state index in [9.17, 15) is 9.18 Å². The van der Waals surface area contributed by atoms with Gasteiger partial charge in [-0.3, -0.25) is 4.79 Å². The lowest BCUT2D eigenvalue weighted by atomic mass is 10.2. The van der Waals surface area contributed by atoms with Gasteiger partial charge in [-0.2, -0.15) is 0 Å². The molecule has 1 rings (SSSR count). The third kappa shape index (κ3) is 3.23. The molecule has 0 aromatic heterocycles. The summed E-state index contributed by atoms with van der Waals surface area (Å²) in [5.74, 6) is -0.235. The standard InChI is InChI=1S/C11H14FNO2/c1-3-4-11(14)13-10-6-5-8(15-2)7-9(10)12/h5-7H,3-4H2,1-2H3,(H,13,14). The SMILES string of the molecule is CCCC(=O)Nc1ccc(OC)cc1F. The molecule has 0 aliphatic carbocycles. The second-order valence-electron chi connectivity index (χ2n) is 3.14. The molecule has 0 aliphatic rings. The van der Waals surface area contributed by atoms with Crippen LogP contribution in [0.5, 0.6) is 5.75 Å². The minimum atomic E-state index is -0.487. The van der Waals surface area contributed by atoms with E-state index in [1.165, 1.54) is 19.2 Å². The Kier molecular flexibility index (Phi) is 4.09. The van der Waals surface area contributed by atoms with Gasteiger partial charge in [0.05, 0.1) is 12.8 Å². The molecule has 0 saturated heterocycles. The van der Waals surface area contributed by atoms with Gasteiger partial charge in [0.25, 0.3) is 0 Å². The lowest BCUT2D eigenvalue weighted by Gasteiger charge is -2.06. The molecular weight excluding hydrogens is 197 g/mol. The number of rotatable bonds is 4. The van der Waals surface area contributed by atoms with E-state index in [0.29, 0.717) is 12.2 Å². The largest absolute Gasteiger partial charge is 0.497 e. The Morgan fingerprint density at radius 3 is 2.80 bits per heavy atom. The van der Waals surface area contributed by atoms with Crippen molar-refractivity contribution in [3.05, 3.63) is 24.0 Å². The molecule has 15 heavy (non-hydrogen) atoms. The average molecular weight is 211 g/mol. The van der Waals surface area contributed by atoms with Gasteiger partial charge in [-0.05, 0) is 18.6 Å². The highest BCUT2D eigenvalue weighted by Gasteiger charge is 2.06. The number of amides is 1. The summed E-state index contributed by atoms with van der Waals surface area (Å²) in [4.78, 5) is 11.2. The van der Waals surface area contributed by atoms with E-state index in [1.807, 2.05) is 6.92 Å². The van der Waals surface area contributed by atoms with E-state index in [0.717, 1.165) is 6.42 Å². The molecule has 0 aliphatic heterocycles. The van der Waals surface area contributed by atoms with Gasteiger partial charge < -0.3 is 10.1 Å². The normalized spacial score (nSPS) is 9.80. The summed E-state index contributed by atoms with van der Waals surface area (Å²) in [7, 11) is 1.46. The first-order chi connectivity index (χ1) is 7.17. The van der Waals surface area contributed by atoms with Crippen LogP contribution in [0.2, 0.25) is 0 Å². The van der Waals surface area contributed by atoms with E-state index in [-0.39, 0.29) is 11.6 Å². The fraction of sp³-hybridized carbons (Fsp3) is 0.364. The van der Waals surface area contributed by atoms with Crippen molar-refractivity contribution in [1.82, 2.24) is 0 Å². The van der Waals surface area contributed by atoms with Crippen LogP contribution >= 0.6 is 0 Å². The van der Waals surface area contributed by atoms with E-state index in [2.05, 4.69) is 5.32 Å².